The fraction of sp³-hybridized carbons (Fsp3) is 0.688. The maximum absolute atomic E-state index is 4.66. The molecule has 0 radical (unpaired) electrons. The van der Waals surface area contributed by atoms with Crippen molar-refractivity contribution in [2.45, 2.75) is 59.0 Å². The average molecular weight is 261 g/mol. The summed E-state index contributed by atoms with van der Waals surface area (Å²) in [5.74, 6) is 1.76. The minimum Gasteiger partial charge on any atom is -0.370 e. The summed E-state index contributed by atoms with van der Waals surface area (Å²) in [6.45, 7) is 8.59. The number of aromatic nitrogens is 1. The molecule has 0 spiro atoms. The maximum Gasteiger partial charge on any atom is 0.126 e. The van der Waals surface area contributed by atoms with E-state index in [1.165, 1.54) is 31.2 Å². The number of rotatable bonds is 8. The Morgan fingerprint density at radius 1 is 1.26 bits per heavy atom. The zero-order valence-electron chi connectivity index (χ0n) is 12.5. The predicted molar refractivity (Wildman–Crippen MR) is 81.4 cm³/mol. The van der Waals surface area contributed by atoms with Gasteiger partial charge >= 0.3 is 0 Å². The summed E-state index contributed by atoms with van der Waals surface area (Å²) in [6.07, 6.45) is 5.13. The molecule has 1 aromatic rings. The zero-order chi connectivity index (χ0) is 13.7. The van der Waals surface area contributed by atoms with Crippen LogP contribution in [0.15, 0.2) is 12.1 Å². The molecule has 2 rings (SSSR count). The summed E-state index contributed by atoms with van der Waals surface area (Å²) in [5, 5.41) is 7.00. The summed E-state index contributed by atoms with van der Waals surface area (Å²) >= 11 is 0. The van der Waals surface area contributed by atoms with E-state index in [-0.39, 0.29) is 0 Å². The van der Waals surface area contributed by atoms with Crippen LogP contribution in [0.4, 0.5) is 5.82 Å². The third-order valence-electron chi connectivity index (χ3n) is 4.08. The fourth-order valence-corrected chi connectivity index (χ4v) is 2.24. The highest BCUT2D eigenvalue weighted by atomic mass is 15.0. The van der Waals surface area contributed by atoms with Gasteiger partial charge in [0.15, 0.2) is 0 Å². The van der Waals surface area contributed by atoms with Gasteiger partial charge in [-0.1, -0.05) is 32.8 Å². The topological polar surface area (TPSA) is 37.0 Å². The number of hydrogen-bond donors (Lipinski definition) is 2. The fourth-order valence-electron chi connectivity index (χ4n) is 2.24. The summed E-state index contributed by atoms with van der Waals surface area (Å²) in [4.78, 5) is 4.66. The molecule has 0 bridgehead atoms. The first-order chi connectivity index (χ1) is 9.22. The van der Waals surface area contributed by atoms with Crippen LogP contribution in [0.3, 0.4) is 0 Å². The van der Waals surface area contributed by atoms with Gasteiger partial charge in [0.25, 0.3) is 0 Å². The standard InChI is InChI=1S/C16H27N3/c1-4-13(5-2)10-18-16-9-6-14(12(3)19-16)11-17-15-7-8-15/h6,9,13,15,17H,4-5,7-8,10-11H2,1-3H3,(H,18,19). The van der Waals surface area contributed by atoms with Crippen LogP contribution in [0.1, 0.15) is 50.8 Å². The average Bonchev–Trinajstić information content (AvgIpc) is 3.23. The molecule has 3 heteroatoms. The Kier molecular flexibility index (Phi) is 5.20. The van der Waals surface area contributed by atoms with Gasteiger partial charge in [0, 0.05) is 24.8 Å². The van der Waals surface area contributed by atoms with E-state index in [0.29, 0.717) is 0 Å². The number of nitrogens with zero attached hydrogens (tertiary/aromatic N) is 1. The minimum absolute atomic E-state index is 0.748. The van der Waals surface area contributed by atoms with Gasteiger partial charge in [-0.3, -0.25) is 0 Å². The largest absolute Gasteiger partial charge is 0.370 e. The van der Waals surface area contributed by atoms with Crippen LogP contribution >= 0.6 is 0 Å². The maximum atomic E-state index is 4.66. The first-order valence-electron chi connectivity index (χ1n) is 7.66. The van der Waals surface area contributed by atoms with Crippen LogP contribution in [-0.4, -0.2) is 17.6 Å². The molecular weight excluding hydrogens is 234 g/mol. The lowest BCUT2D eigenvalue weighted by molar-refractivity contribution is 0.518. The molecule has 1 saturated carbocycles. The van der Waals surface area contributed by atoms with Crippen molar-refractivity contribution in [2.24, 2.45) is 5.92 Å². The molecule has 19 heavy (non-hydrogen) atoms. The molecule has 106 valence electrons. The lowest BCUT2D eigenvalue weighted by Crippen LogP contribution is -2.17. The number of anilines is 1. The third kappa shape index (κ3) is 4.50. The van der Waals surface area contributed by atoms with E-state index in [0.717, 1.165) is 36.6 Å². The van der Waals surface area contributed by atoms with Crippen molar-refractivity contribution in [1.29, 1.82) is 0 Å². The van der Waals surface area contributed by atoms with Crippen molar-refractivity contribution in [3.63, 3.8) is 0 Å². The van der Waals surface area contributed by atoms with Crippen LogP contribution in [0, 0.1) is 12.8 Å². The highest BCUT2D eigenvalue weighted by Crippen LogP contribution is 2.20. The van der Waals surface area contributed by atoms with Gasteiger partial charge in [0.2, 0.25) is 0 Å². The number of nitrogens with one attached hydrogen (secondary N) is 2. The van der Waals surface area contributed by atoms with E-state index in [9.17, 15) is 0 Å². The van der Waals surface area contributed by atoms with E-state index in [1.807, 2.05) is 0 Å². The molecule has 0 unspecified atom stereocenters. The molecule has 0 amide bonds. The van der Waals surface area contributed by atoms with Crippen LogP contribution < -0.4 is 10.6 Å². The van der Waals surface area contributed by atoms with Crippen LogP contribution in [0.25, 0.3) is 0 Å². The highest BCUT2D eigenvalue weighted by molar-refractivity contribution is 5.38. The van der Waals surface area contributed by atoms with Crippen LogP contribution in [0.2, 0.25) is 0 Å². The molecule has 1 aliphatic carbocycles. The Labute approximate surface area is 117 Å². The van der Waals surface area contributed by atoms with Crippen molar-refractivity contribution < 1.29 is 0 Å². The molecule has 0 aromatic carbocycles. The Morgan fingerprint density at radius 3 is 2.58 bits per heavy atom. The second kappa shape index (κ2) is 6.90. The first-order valence-corrected chi connectivity index (χ1v) is 7.66. The molecule has 0 saturated heterocycles. The Hall–Kier alpha value is -1.09. The number of aryl methyl sites for hydroxylation is 1. The van der Waals surface area contributed by atoms with Crippen molar-refractivity contribution in [2.75, 3.05) is 11.9 Å². The molecule has 0 aliphatic heterocycles. The Balaban J connectivity index is 1.86. The quantitative estimate of drug-likeness (QED) is 0.752. The van der Waals surface area contributed by atoms with Crippen molar-refractivity contribution in [3.8, 4) is 0 Å². The third-order valence-corrected chi connectivity index (χ3v) is 4.08. The monoisotopic (exact) mass is 261 g/mol. The SMILES string of the molecule is CCC(CC)CNc1ccc(CNC2CC2)c(C)n1. The summed E-state index contributed by atoms with van der Waals surface area (Å²) in [5.41, 5.74) is 2.46. The lowest BCUT2D eigenvalue weighted by Gasteiger charge is -2.15. The van der Waals surface area contributed by atoms with Crippen molar-refractivity contribution >= 4 is 5.82 Å². The van der Waals surface area contributed by atoms with E-state index in [2.05, 4.69) is 48.5 Å². The van der Waals surface area contributed by atoms with E-state index in [4.69, 9.17) is 0 Å². The summed E-state index contributed by atoms with van der Waals surface area (Å²) in [6, 6.07) is 5.07. The number of pyridine rings is 1. The second-order valence-electron chi connectivity index (χ2n) is 5.66. The Bertz CT molecular complexity index is 395. The van der Waals surface area contributed by atoms with Gasteiger partial charge < -0.3 is 10.6 Å². The molecule has 0 atom stereocenters. The summed E-state index contributed by atoms with van der Waals surface area (Å²) in [7, 11) is 0. The predicted octanol–water partition coefficient (Wildman–Crippen LogP) is 3.49. The molecule has 1 heterocycles. The molecule has 1 aromatic heterocycles. The van der Waals surface area contributed by atoms with Crippen molar-refractivity contribution in [1.82, 2.24) is 10.3 Å². The van der Waals surface area contributed by atoms with E-state index >= 15 is 0 Å². The lowest BCUT2D eigenvalue weighted by atomic mass is 10.0. The normalized spacial score (nSPS) is 14.9. The molecule has 3 nitrogen and oxygen atoms in total. The van der Waals surface area contributed by atoms with Crippen LogP contribution in [0.5, 0.6) is 0 Å². The number of hydrogen-bond acceptors (Lipinski definition) is 3. The second-order valence-corrected chi connectivity index (χ2v) is 5.66. The summed E-state index contributed by atoms with van der Waals surface area (Å²) < 4.78 is 0. The van der Waals surface area contributed by atoms with Gasteiger partial charge in [-0.2, -0.15) is 0 Å². The molecular formula is C16H27N3. The molecule has 2 N–H and O–H groups in total. The van der Waals surface area contributed by atoms with E-state index in [1.54, 1.807) is 0 Å². The van der Waals surface area contributed by atoms with Crippen molar-refractivity contribution in [3.05, 3.63) is 23.4 Å². The smallest absolute Gasteiger partial charge is 0.126 e. The van der Waals surface area contributed by atoms with Gasteiger partial charge in [0.1, 0.15) is 5.82 Å². The van der Waals surface area contributed by atoms with E-state index < -0.39 is 0 Å². The molecule has 1 fully saturated rings. The van der Waals surface area contributed by atoms with Gasteiger partial charge in [-0.15, -0.1) is 0 Å². The Morgan fingerprint density at radius 2 is 2.00 bits per heavy atom. The first kappa shape index (κ1) is 14.3. The van der Waals surface area contributed by atoms with Gasteiger partial charge in [0.05, 0.1) is 0 Å². The zero-order valence-corrected chi connectivity index (χ0v) is 12.5. The highest BCUT2D eigenvalue weighted by Gasteiger charge is 2.20. The minimum atomic E-state index is 0.748. The molecule has 1 aliphatic rings. The van der Waals surface area contributed by atoms with Crippen LogP contribution in [-0.2, 0) is 6.54 Å². The van der Waals surface area contributed by atoms with Gasteiger partial charge in [-0.25, -0.2) is 4.98 Å². The van der Waals surface area contributed by atoms with Gasteiger partial charge in [-0.05, 0) is 37.3 Å².